The van der Waals surface area contributed by atoms with E-state index in [2.05, 4.69) is 10.3 Å². The number of thiazole rings is 1. The number of carbonyl (C=O) groups is 2. The number of carboxylic acid groups (broad SMARTS) is 1. The van der Waals surface area contributed by atoms with Gasteiger partial charge in [-0.3, -0.25) is 9.59 Å². The lowest BCUT2D eigenvalue weighted by molar-refractivity contribution is -0.137. The molecular weight excluding hydrogens is 218 g/mol. The Morgan fingerprint density at radius 2 is 2.33 bits per heavy atom. The first-order valence-corrected chi connectivity index (χ1v) is 5.18. The van der Waals surface area contributed by atoms with Gasteiger partial charge in [-0.15, -0.1) is 11.3 Å². The topological polar surface area (TPSA) is 105 Å². The first kappa shape index (κ1) is 11.4. The first-order chi connectivity index (χ1) is 7.09. The molecule has 0 saturated carbocycles. The molecule has 0 aliphatic rings. The lowest BCUT2D eigenvalue weighted by atomic mass is 10.3. The number of aromatic nitrogens is 1. The summed E-state index contributed by atoms with van der Waals surface area (Å²) in [7, 11) is 0. The number of anilines is 1. The van der Waals surface area contributed by atoms with Crippen LogP contribution in [0.5, 0.6) is 0 Å². The fourth-order valence-corrected chi connectivity index (χ4v) is 1.63. The number of nitrogens with one attached hydrogen (secondary N) is 1. The van der Waals surface area contributed by atoms with Crippen LogP contribution in [0, 0.1) is 0 Å². The number of primary amides is 1. The van der Waals surface area contributed by atoms with E-state index >= 15 is 0 Å². The SMILES string of the molecule is NC(=O)c1csc(NCCCC(=O)O)n1. The molecule has 1 aromatic rings. The van der Waals surface area contributed by atoms with E-state index in [0.29, 0.717) is 18.1 Å². The minimum Gasteiger partial charge on any atom is -0.481 e. The Morgan fingerprint density at radius 3 is 2.87 bits per heavy atom. The predicted octanol–water partition coefficient (Wildman–Crippen LogP) is 0.519. The van der Waals surface area contributed by atoms with Crippen LogP contribution in [0.25, 0.3) is 0 Å². The highest BCUT2D eigenvalue weighted by atomic mass is 32.1. The summed E-state index contributed by atoms with van der Waals surface area (Å²) < 4.78 is 0. The van der Waals surface area contributed by atoms with Crippen molar-refractivity contribution in [1.29, 1.82) is 0 Å². The van der Waals surface area contributed by atoms with E-state index in [1.54, 1.807) is 5.38 Å². The van der Waals surface area contributed by atoms with Crippen molar-refractivity contribution in [2.45, 2.75) is 12.8 Å². The minimum atomic E-state index is -0.825. The fraction of sp³-hybridized carbons (Fsp3) is 0.375. The number of nitrogens with zero attached hydrogens (tertiary/aromatic N) is 1. The van der Waals surface area contributed by atoms with E-state index in [1.165, 1.54) is 11.3 Å². The molecule has 0 aliphatic heterocycles. The molecule has 0 saturated heterocycles. The zero-order valence-corrected chi connectivity index (χ0v) is 8.71. The van der Waals surface area contributed by atoms with Crippen molar-refractivity contribution in [2.75, 3.05) is 11.9 Å². The Morgan fingerprint density at radius 1 is 1.60 bits per heavy atom. The smallest absolute Gasteiger partial charge is 0.303 e. The second-order valence-corrected chi connectivity index (χ2v) is 3.68. The van der Waals surface area contributed by atoms with E-state index < -0.39 is 11.9 Å². The van der Waals surface area contributed by atoms with Crippen LogP contribution in [0.3, 0.4) is 0 Å². The fourth-order valence-electron chi connectivity index (χ4n) is 0.903. The molecule has 0 unspecified atom stereocenters. The third-order valence-corrected chi connectivity index (χ3v) is 2.40. The maximum absolute atomic E-state index is 10.7. The average Bonchev–Trinajstić information content (AvgIpc) is 2.60. The molecule has 1 heterocycles. The molecule has 0 radical (unpaired) electrons. The van der Waals surface area contributed by atoms with Crippen molar-refractivity contribution in [3.05, 3.63) is 11.1 Å². The van der Waals surface area contributed by atoms with Gasteiger partial charge in [-0.25, -0.2) is 4.98 Å². The summed E-state index contributed by atoms with van der Waals surface area (Å²) in [5, 5.41) is 13.4. The first-order valence-electron chi connectivity index (χ1n) is 4.30. The number of nitrogens with two attached hydrogens (primary N) is 1. The zero-order chi connectivity index (χ0) is 11.3. The number of rotatable bonds is 6. The number of amides is 1. The quantitative estimate of drug-likeness (QED) is 0.617. The zero-order valence-electron chi connectivity index (χ0n) is 7.90. The van der Waals surface area contributed by atoms with Crippen molar-refractivity contribution in [3.8, 4) is 0 Å². The normalized spacial score (nSPS) is 9.87. The molecule has 0 bridgehead atoms. The van der Waals surface area contributed by atoms with Crippen LogP contribution in [0.2, 0.25) is 0 Å². The van der Waals surface area contributed by atoms with Crippen LogP contribution in [-0.2, 0) is 4.79 Å². The Hall–Kier alpha value is -1.63. The molecule has 1 amide bonds. The van der Waals surface area contributed by atoms with Gasteiger partial charge in [-0.2, -0.15) is 0 Å². The summed E-state index contributed by atoms with van der Waals surface area (Å²) in [6.07, 6.45) is 0.627. The maximum atomic E-state index is 10.7. The molecule has 4 N–H and O–H groups in total. The summed E-state index contributed by atoms with van der Waals surface area (Å²) >= 11 is 1.27. The minimum absolute atomic E-state index is 0.112. The van der Waals surface area contributed by atoms with Crippen LogP contribution >= 0.6 is 11.3 Å². The van der Waals surface area contributed by atoms with Crippen molar-refractivity contribution in [1.82, 2.24) is 4.98 Å². The summed E-state index contributed by atoms with van der Waals surface area (Å²) in [5.74, 6) is -1.39. The monoisotopic (exact) mass is 229 g/mol. The van der Waals surface area contributed by atoms with Gasteiger partial charge in [0.05, 0.1) is 0 Å². The highest BCUT2D eigenvalue weighted by molar-refractivity contribution is 7.13. The molecule has 0 atom stereocenters. The van der Waals surface area contributed by atoms with Gasteiger partial charge in [0.15, 0.2) is 5.13 Å². The van der Waals surface area contributed by atoms with Crippen LogP contribution in [0.4, 0.5) is 5.13 Å². The van der Waals surface area contributed by atoms with Crippen LogP contribution in [-0.4, -0.2) is 28.5 Å². The van der Waals surface area contributed by atoms with Crippen molar-refractivity contribution in [2.24, 2.45) is 5.73 Å². The van der Waals surface area contributed by atoms with E-state index in [1.807, 2.05) is 0 Å². The van der Waals surface area contributed by atoms with Crippen molar-refractivity contribution >= 4 is 28.3 Å². The molecule has 82 valence electrons. The highest BCUT2D eigenvalue weighted by Gasteiger charge is 2.05. The maximum Gasteiger partial charge on any atom is 0.303 e. The molecule has 0 fully saturated rings. The Labute approximate surface area is 90.1 Å². The average molecular weight is 229 g/mol. The van der Waals surface area contributed by atoms with Crippen molar-refractivity contribution < 1.29 is 14.7 Å². The second-order valence-electron chi connectivity index (χ2n) is 2.83. The van der Waals surface area contributed by atoms with Gasteiger partial charge >= 0.3 is 5.97 Å². The summed E-state index contributed by atoms with van der Waals surface area (Å²) in [6, 6.07) is 0. The molecular formula is C8H11N3O3S. The van der Waals surface area contributed by atoms with Crippen LogP contribution in [0.15, 0.2) is 5.38 Å². The third-order valence-electron chi connectivity index (χ3n) is 1.60. The van der Waals surface area contributed by atoms with E-state index in [0.717, 1.165) is 0 Å². The van der Waals surface area contributed by atoms with E-state index in [-0.39, 0.29) is 12.1 Å². The number of carbonyl (C=O) groups excluding carboxylic acids is 1. The summed E-state index contributed by atoms with van der Waals surface area (Å²) in [6.45, 7) is 0.512. The Bertz CT molecular complexity index is 364. The van der Waals surface area contributed by atoms with Gasteiger partial charge in [0.2, 0.25) is 0 Å². The summed E-state index contributed by atoms with van der Waals surface area (Å²) in [4.78, 5) is 24.8. The van der Waals surface area contributed by atoms with Gasteiger partial charge in [0, 0.05) is 18.3 Å². The molecule has 7 heteroatoms. The number of hydrogen-bond donors (Lipinski definition) is 3. The highest BCUT2D eigenvalue weighted by Crippen LogP contribution is 2.14. The molecule has 1 rings (SSSR count). The Balaban J connectivity index is 2.31. The Kier molecular flexibility index (Phi) is 4.04. The van der Waals surface area contributed by atoms with E-state index in [4.69, 9.17) is 10.8 Å². The van der Waals surface area contributed by atoms with E-state index in [9.17, 15) is 9.59 Å². The molecule has 0 spiro atoms. The lowest BCUT2D eigenvalue weighted by Crippen LogP contribution is -2.11. The van der Waals surface area contributed by atoms with Gasteiger partial charge < -0.3 is 16.2 Å². The molecule has 6 nitrogen and oxygen atoms in total. The predicted molar refractivity (Wildman–Crippen MR) is 56.0 cm³/mol. The van der Waals surface area contributed by atoms with Gasteiger partial charge in [-0.05, 0) is 6.42 Å². The molecule has 15 heavy (non-hydrogen) atoms. The molecule has 0 aromatic carbocycles. The summed E-state index contributed by atoms with van der Waals surface area (Å²) in [5.41, 5.74) is 5.24. The second kappa shape index (κ2) is 5.30. The largest absolute Gasteiger partial charge is 0.481 e. The molecule has 0 aliphatic carbocycles. The van der Waals surface area contributed by atoms with Crippen molar-refractivity contribution in [3.63, 3.8) is 0 Å². The molecule has 1 aromatic heterocycles. The number of hydrogen-bond acceptors (Lipinski definition) is 5. The van der Waals surface area contributed by atoms with Crippen LogP contribution < -0.4 is 11.1 Å². The van der Waals surface area contributed by atoms with Crippen LogP contribution in [0.1, 0.15) is 23.3 Å². The third kappa shape index (κ3) is 3.94. The van der Waals surface area contributed by atoms with Gasteiger partial charge in [0.25, 0.3) is 5.91 Å². The number of aliphatic carboxylic acids is 1. The lowest BCUT2D eigenvalue weighted by Gasteiger charge is -1.99. The van der Waals surface area contributed by atoms with Gasteiger partial charge in [-0.1, -0.05) is 0 Å². The number of carboxylic acids is 1. The van der Waals surface area contributed by atoms with Gasteiger partial charge in [0.1, 0.15) is 5.69 Å². The standard InChI is InChI=1S/C8H11N3O3S/c9-7(14)5-4-15-8(11-5)10-3-1-2-6(12)13/h4H,1-3H2,(H2,9,14)(H,10,11)(H,12,13).